The number of rotatable bonds is 13. The SMILES string of the molecule is CCCCC(C)(C)CC(O)CCCCC(C)(C)CC(O)S(N)(=O)=O. The lowest BCUT2D eigenvalue weighted by atomic mass is 9.80. The molecule has 0 spiro atoms. The molecule has 0 saturated carbocycles. The van der Waals surface area contributed by atoms with Gasteiger partial charge in [-0.1, -0.05) is 60.3 Å². The summed E-state index contributed by atoms with van der Waals surface area (Å²) in [6.07, 6.45) is 7.55. The van der Waals surface area contributed by atoms with Crippen LogP contribution in [0.4, 0.5) is 0 Å². The Balaban J connectivity index is 4.11. The van der Waals surface area contributed by atoms with Crippen molar-refractivity contribution in [3.8, 4) is 0 Å². The Labute approximate surface area is 149 Å². The van der Waals surface area contributed by atoms with Crippen LogP contribution in [0, 0.1) is 10.8 Å². The van der Waals surface area contributed by atoms with Crippen molar-refractivity contribution < 1.29 is 18.6 Å². The molecule has 2 atom stereocenters. The minimum atomic E-state index is -3.89. The minimum Gasteiger partial charge on any atom is -0.393 e. The first-order chi connectivity index (χ1) is 10.8. The molecule has 0 aliphatic rings. The maximum atomic E-state index is 11.1. The molecule has 5 nitrogen and oxygen atoms in total. The van der Waals surface area contributed by atoms with Gasteiger partial charge in [0.05, 0.1) is 6.10 Å². The van der Waals surface area contributed by atoms with Crippen LogP contribution >= 0.6 is 0 Å². The fraction of sp³-hybridized carbons (Fsp3) is 1.00. The third-order valence-corrected chi connectivity index (χ3v) is 5.67. The molecule has 0 amide bonds. The van der Waals surface area contributed by atoms with Crippen molar-refractivity contribution in [3.05, 3.63) is 0 Å². The van der Waals surface area contributed by atoms with Gasteiger partial charge in [0, 0.05) is 0 Å². The molecule has 2 unspecified atom stereocenters. The minimum absolute atomic E-state index is 0.137. The van der Waals surface area contributed by atoms with Gasteiger partial charge in [0.25, 0.3) is 0 Å². The molecule has 0 aromatic rings. The molecule has 0 bridgehead atoms. The van der Waals surface area contributed by atoms with Crippen LogP contribution in [0.2, 0.25) is 0 Å². The monoisotopic (exact) mass is 365 g/mol. The standard InChI is InChI=1S/C18H39NO4S/c1-6-7-11-17(2,3)13-15(20)10-8-9-12-18(4,5)14-16(21)24(19,22)23/h15-16,20-21H,6-14H2,1-5H3,(H2,19,22,23). The van der Waals surface area contributed by atoms with Gasteiger partial charge in [-0.2, -0.15) is 0 Å². The Morgan fingerprint density at radius 1 is 0.917 bits per heavy atom. The van der Waals surface area contributed by atoms with E-state index in [-0.39, 0.29) is 23.4 Å². The van der Waals surface area contributed by atoms with Gasteiger partial charge in [0.1, 0.15) is 0 Å². The van der Waals surface area contributed by atoms with E-state index in [0.717, 1.165) is 38.5 Å². The smallest absolute Gasteiger partial charge is 0.235 e. The molecule has 0 heterocycles. The Morgan fingerprint density at radius 2 is 1.42 bits per heavy atom. The van der Waals surface area contributed by atoms with E-state index in [1.165, 1.54) is 12.8 Å². The first-order valence-corrected chi connectivity index (χ1v) is 10.8. The van der Waals surface area contributed by atoms with Gasteiger partial charge in [0.15, 0.2) is 5.44 Å². The summed E-state index contributed by atoms with van der Waals surface area (Å²) in [5.74, 6) is 0. The summed E-state index contributed by atoms with van der Waals surface area (Å²) in [6, 6.07) is 0. The van der Waals surface area contributed by atoms with E-state index in [1.54, 1.807) is 0 Å². The second kappa shape index (κ2) is 10.1. The highest BCUT2D eigenvalue weighted by Crippen LogP contribution is 2.32. The lowest BCUT2D eigenvalue weighted by molar-refractivity contribution is 0.0960. The zero-order valence-electron chi connectivity index (χ0n) is 16.2. The van der Waals surface area contributed by atoms with Crippen molar-refractivity contribution in [3.63, 3.8) is 0 Å². The molecule has 0 aliphatic heterocycles. The van der Waals surface area contributed by atoms with Gasteiger partial charge in [-0.3, -0.25) is 0 Å². The van der Waals surface area contributed by atoms with Gasteiger partial charge in [-0.25, -0.2) is 13.6 Å². The average Bonchev–Trinajstić information content (AvgIpc) is 2.39. The summed E-state index contributed by atoms with van der Waals surface area (Å²) < 4.78 is 22.3. The quantitative estimate of drug-likeness (QED) is 0.435. The number of aliphatic hydroxyl groups excluding tert-OH is 2. The van der Waals surface area contributed by atoms with E-state index in [0.29, 0.717) is 0 Å². The normalized spacial score (nSPS) is 16.2. The van der Waals surface area contributed by atoms with E-state index in [9.17, 15) is 18.6 Å². The number of unbranched alkanes of at least 4 members (excludes halogenated alkanes) is 2. The third kappa shape index (κ3) is 11.4. The first-order valence-electron chi connectivity index (χ1n) is 9.17. The van der Waals surface area contributed by atoms with Gasteiger partial charge >= 0.3 is 0 Å². The molecular formula is C18H39NO4S. The van der Waals surface area contributed by atoms with Gasteiger partial charge in [-0.05, 0) is 42.9 Å². The van der Waals surface area contributed by atoms with E-state index < -0.39 is 15.5 Å². The highest BCUT2D eigenvalue weighted by Gasteiger charge is 2.28. The predicted molar refractivity (Wildman–Crippen MR) is 99.9 cm³/mol. The Hall–Kier alpha value is -0.170. The van der Waals surface area contributed by atoms with Crippen LogP contribution in [-0.4, -0.2) is 30.2 Å². The van der Waals surface area contributed by atoms with Crippen molar-refractivity contribution in [1.82, 2.24) is 0 Å². The van der Waals surface area contributed by atoms with Crippen LogP contribution < -0.4 is 5.14 Å². The zero-order chi connectivity index (χ0) is 19.0. The Morgan fingerprint density at radius 3 is 1.92 bits per heavy atom. The van der Waals surface area contributed by atoms with Crippen molar-refractivity contribution in [2.75, 3.05) is 0 Å². The fourth-order valence-corrected chi connectivity index (χ4v) is 3.86. The molecule has 0 rings (SSSR count). The highest BCUT2D eigenvalue weighted by atomic mass is 32.2. The van der Waals surface area contributed by atoms with E-state index in [1.807, 2.05) is 13.8 Å². The largest absolute Gasteiger partial charge is 0.393 e. The zero-order valence-corrected chi connectivity index (χ0v) is 17.0. The maximum Gasteiger partial charge on any atom is 0.235 e. The molecule has 0 aliphatic carbocycles. The molecule has 0 aromatic carbocycles. The second-order valence-corrected chi connectivity index (χ2v) is 10.5. The van der Waals surface area contributed by atoms with Gasteiger partial charge < -0.3 is 10.2 Å². The number of aliphatic hydroxyl groups is 2. The highest BCUT2D eigenvalue weighted by molar-refractivity contribution is 7.89. The number of primary sulfonamides is 1. The van der Waals surface area contributed by atoms with Crippen LogP contribution in [0.5, 0.6) is 0 Å². The average molecular weight is 366 g/mol. The molecular weight excluding hydrogens is 326 g/mol. The van der Waals surface area contributed by atoms with Gasteiger partial charge in [0.2, 0.25) is 10.0 Å². The molecule has 4 N–H and O–H groups in total. The number of hydrogen-bond acceptors (Lipinski definition) is 4. The van der Waals surface area contributed by atoms with E-state index in [4.69, 9.17) is 5.14 Å². The summed E-state index contributed by atoms with van der Waals surface area (Å²) in [7, 11) is -3.89. The number of sulfonamides is 1. The van der Waals surface area contributed by atoms with Crippen LogP contribution in [0.25, 0.3) is 0 Å². The maximum absolute atomic E-state index is 11.1. The van der Waals surface area contributed by atoms with Gasteiger partial charge in [-0.15, -0.1) is 0 Å². The third-order valence-electron chi connectivity index (χ3n) is 4.74. The molecule has 0 saturated heterocycles. The molecule has 0 aromatic heterocycles. The Kier molecular flexibility index (Phi) is 10.0. The summed E-state index contributed by atoms with van der Waals surface area (Å²) in [5.41, 5.74) is -1.62. The summed E-state index contributed by atoms with van der Waals surface area (Å²) in [5, 5.41) is 24.8. The number of hydrogen-bond donors (Lipinski definition) is 3. The van der Waals surface area contributed by atoms with Crippen LogP contribution in [0.3, 0.4) is 0 Å². The molecule has 6 heteroatoms. The number of nitrogens with two attached hydrogens (primary N) is 1. The van der Waals surface area contributed by atoms with Crippen molar-refractivity contribution in [2.24, 2.45) is 16.0 Å². The summed E-state index contributed by atoms with van der Waals surface area (Å²) in [6.45, 7) is 10.5. The van der Waals surface area contributed by atoms with Crippen molar-refractivity contribution >= 4 is 10.0 Å². The summed E-state index contributed by atoms with van der Waals surface area (Å²) in [4.78, 5) is 0. The van der Waals surface area contributed by atoms with Crippen molar-refractivity contribution in [1.29, 1.82) is 0 Å². The summed E-state index contributed by atoms with van der Waals surface area (Å²) >= 11 is 0. The van der Waals surface area contributed by atoms with Crippen molar-refractivity contribution in [2.45, 2.75) is 104 Å². The van der Waals surface area contributed by atoms with Crippen LogP contribution in [-0.2, 0) is 10.0 Å². The topological polar surface area (TPSA) is 101 Å². The van der Waals surface area contributed by atoms with Crippen LogP contribution in [0.15, 0.2) is 0 Å². The Bertz CT molecular complexity index is 446. The lowest BCUT2D eigenvalue weighted by Gasteiger charge is -2.28. The second-order valence-electron chi connectivity index (χ2n) is 8.78. The molecule has 0 fully saturated rings. The van der Waals surface area contributed by atoms with E-state index in [2.05, 4.69) is 20.8 Å². The molecule has 0 radical (unpaired) electrons. The fourth-order valence-electron chi connectivity index (χ4n) is 3.17. The molecule has 146 valence electrons. The van der Waals surface area contributed by atoms with Crippen LogP contribution in [0.1, 0.15) is 92.4 Å². The lowest BCUT2D eigenvalue weighted by Crippen LogP contribution is -2.32. The first kappa shape index (κ1) is 23.8. The molecule has 24 heavy (non-hydrogen) atoms. The predicted octanol–water partition coefficient (Wildman–Crippen LogP) is 3.54. The van der Waals surface area contributed by atoms with E-state index >= 15 is 0 Å².